The van der Waals surface area contributed by atoms with Crippen LogP contribution in [0.5, 0.6) is 0 Å². The molecule has 0 aliphatic heterocycles. The molecule has 1 unspecified atom stereocenters. The Morgan fingerprint density at radius 3 is 2.11 bits per heavy atom. The van der Waals surface area contributed by atoms with Gasteiger partial charge in [-0.25, -0.2) is 0 Å². The van der Waals surface area contributed by atoms with Crippen LogP contribution in [0.1, 0.15) is 35.1 Å². The van der Waals surface area contributed by atoms with E-state index in [-0.39, 0.29) is 24.1 Å². The highest BCUT2D eigenvalue weighted by Crippen LogP contribution is 2.61. The molecular formula is C12H18N2O11P2. The first kappa shape index (κ1) is 23.2. The first-order chi connectivity index (χ1) is 12.3. The molecule has 1 aromatic carbocycles. The number of rotatable bonds is 10. The van der Waals surface area contributed by atoms with Crippen LogP contribution in [-0.2, 0) is 14.0 Å². The minimum atomic E-state index is -5.00. The zero-order valence-electron chi connectivity index (χ0n) is 13.6. The molecule has 13 nitrogen and oxygen atoms in total. The lowest BCUT2D eigenvalue weighted by molar-refractivity contribution is -0.782. The van der Waals surface area contributed by atoms with E-state index in [1.54, 1.807) is 0 Å². The average Bonchev–Trinajstić information content (AvgIpc) is 2.51. The van der Waals surface area contributed by atoms with E-state index in [9.17, 15) is 29.1 Å². The van der Waals surface area contributed by atoms with Gasteiger partial charge >= 0.3 is 15.2 Å². The number of hydrogen-bond acceptors (Lipinski definition) is 7. The Labute approximate surface area is 152 Å². The number of carbonyl (C=O) groups is 1. The van der Waals surface area contributed by atoms with E-state index in [1.807, 2.05) is 0 Å². The van der Waals surface area contributed by atoms with Gasteiger partial charge in [-0.05, 0) is 25.0 Å². The number of hydrogen-bond donors (Lipinski definition) is 6. The summed E-state index contributed by atoms with van der Waals surface area (Å²) in [4.78, 5) is 61.9. The van der Waals surface area contributed by atoms with Crippen LogP contribution in [0.2, 0.25) is 0 Å². The first-order valence-corrected chi connectivity index (χ1v) is 10.7. The Balaban J connectivity index is 2.56. The van der Waals surface area contributed by atoms with Gasteiger partial charge in [0.05, 0.1) is 0 Å². The minimum Gasteiger partial charge on any atom is -0.365 e. The molecule has 152 valence electrons. The Morgan fingerprint density at radius 2 is 1.67 bits per heavy atom. The average molecular weight is 428 g/mol. The van der Waals surface area contributed by atoms with Crippen molar-refractivity contribution in [2.45, 2.75) is 24.5 Å². The molecule has 0 spiro atoms. The van der Waals surface area contributed by atoms with Gasteiger partial charge in [0, 0.05) is 17.7 Å². The Morgan fingerprint density at radius 1 is 1.15 bits per heavy atom. The number of carbonyl (C=O) groups excluding carboxylic acids is 1. The van der Waals surface area contributed by atoms with Crippen molar-refractivity contribution in [3.8, 4) is 0 Å². The van der Waals surface area contributed by atoms with Gasteiger partial charge in [-0.1, -0.05) is 12.1 Å². The van der Waals surface area contributed by atoms with Crippen molar-refractivity contribution in [1.29, 1.82) is 0 Å². The largest absolute Gasteiger partial charge is 0.365 e. The van der Waals surface area contributed by atoms with Gasteiger partial charge in [0.2, 0.25) is 6.29 Å². The van der Waals surface area contributed by atoms with Crippen LogP contribution in [0.15, 0.2) is 24.3 Å². The van der Waals surface area contributed by atoms with Gasteiger partial charge in [-0.3, -0.25) is 18.8 Å². The summed E-state index contributed by atoms with van der Waals surface area (Å²) in [5, 5.41) is 18.6. The normalized spacial score (nSPS) is 13.3. The Bertz CT molecular complexity index is 735. The SMILES string of the molecule is O=C(NCCCC(P(=O)(O)O)P(=O)(O)O)c1ccc(C(O)O[N+](=O)[O-])cc1. The Hall–Kier alpha value is -1.85. The van der Waals surface area contributed by atoms with E-state index in [2.05, 4.69) is 10.2 Å². The molecule has 1 rings (SSSR count). The van der Waals surface area contributed by atoms with E-state index < -0.39 is 44.3 Å². The second-order valence-electron chi connectivity index (χ2n) is 5.36. The van der Waals surface area contributed by atoms with Crippen molar-refractivity contribution in [1.82, 2.24) is 5.32 Å². The number of aliphatic hydroxyl groups excluding tert-OH is 1. The van der Waals surface area contributed by atoms with E-state index in [1.165, 1.54) is 24.3 Å². The highest BCUT2D eigenvalue weighted by atomic mass is 31.2. The lowest BCUT2D eigenvalue weighted by Crippen LogP contribution is -2.25. The second kappa shape index (κ2) is 9.38. The molecule has 0 radical (unpaired) electrons. The molecule has 0 aliphatic rings. The highest BCUT2D eigenvalue weighted by molar-refractivity contribution is 7.70. The molecule has 0 saturated heterocycles. The molecule has 1 aromatic rings. The van der Waals surface area contributed by atoms with Crippen molar-refractivity contribution >= 4 is 21.1 Å². The van der Waals surface area contributed by atoms with Crippen LogP contribution < -0.4 is 5.32 Å². The van der Waals surface area contributed by atoms with Gasteiger partial charge in [-0.2, -0.15) is 0 Å². The maximum atomic E-state index is 11.9. The van der Waals surface area contributed by atoms with Crippen molar-refractivity contribution in [2.75, 3.05) is 6.54 Å². The number of nitrogens with zero attached hydrogens (tertiary/aromatic N) is 1. The summed E-state index contributed by atoms with van der Waals surface area (Å²) in [6.45, 7) is -0.107. The molecule has 15 heteroatoms. The lowest BCUT2D eigenvalue weighted by atomic mass is 10.1. The molecule has 0 fully saturated rings. The van der Waals surface area contributed by atoms with Crippen LogP contribution in [0.4, 0.5) is 0 Å². The van der Waals surface area contributed by atoms with Crippen LogP contribution in [0, 0.1) is 10.1 Å². The minimum absolute atomic E-state index is 0.0365. The van der Waals surface area contributed by atoms with E-state index in [4.69, 9.17) is 19.6 Å². The fourth-order valence-corrected chi connectivity index (χ4v) is 4.67. The molecule has 0 aliphatic carbocycles. The monoisotopic (exact) mass is 428 g/mol. The quantitative estimate of drug-likeness (QED) is 0.0963. The topological polar surface area (TPSA) is 217 Å². The second-order valence-corrected chi connectivity index (χ2v) is 9.37. The predicted molar refractivity (Wildman–Crippen MR) is 88.9 cm³/mol. The fraction of sp³-hybridized carbons (Fsp3) is 0.417. The van der Waals surface area contributed by atoms with Gasteiger partial charge in [0.25, 0.3) is 11.0 Å². The van der Waals surface area contributed by atoms with Crippen LogP contribution in [0.3, 0.4) is 0 Å². The molecule has 0 saturated carbocycles. The molecule has 0 bridgehead atoms. The summed E-state index contributed by atoms with van der Waals surface area (Å²) in [5.74, 6) is -0.602. The van der Waals surface area contributed by atoms with Gasteiger partial charge < -0.3 is 30.0 Å². The van der Waals surface area contributed by atoms with E-state index >= 15 is 0 Å². The zero-order valence-corrected chi connectivity index (χ0v) is 15.4. The van der Waals surface area contributed by atoms with Gasteiger partial charge in [-0.15, -0.1) is 10.1 Å². The fourth-order valence-electron chi connectivity index (χ4n) is 2.06. The molecule has 1 amide bonds. The predicted octanol–water partition coefficient (Wildman–Crippen LogP) is 0.0773. The summed E-state index contributed by atoms with van der Waals surface area (Å²) in [6, 6.07) is 4.96. The lowest BCUT2D eigenvalue weighted by Gasteiger charge is -2.19. The maximum Gasteiger partial charge on any atom is 0.340 e. The standard InChI is InChI=1S/C12H18N2O11P2/c15-11(8-3-5-9(6-4-8)12(16)25-14(17)18)13-7-1-2-10(26(19,20)21)27(22,23)24/h3-6,10,12,16H,1-2,7H2,(H,13,15)(H2,19,20,21)(H2,22,23,24). The first-order valence-electron chi connectivity index (χ1n) is 7.30. The molecule has 0 heterocycles. The Kier molecular flexibility index (Phi) is 8.05. The van der Waals surface area contributed by atoms with Crippen LogP contribution in [-0.4, -0.2) is 47.6 Å². The summed E-state index contributed by atoms with van der Waals surface area (Å²) >= 11 is 0. The summed E-state index contributed by atoms with van der Waals surface area (Å²) < 4.78 is 22.2. The summed E-state index contributed by atoms with van der Waals surface area (Å²) in [5.41, 5.74) is 0.156. The van der Waals surface area contributed by atoms with Crippen molar-refractivity contribution in [2.24, 2.45) is 0 Å². The van der Waals surface area contributed by atoms with Gasteiger partial charge in [0.15, 0.2) is 5.40 Å². The van der Waals surface area contributed by atoms with Crippen molar-refractivity contribution in [3.63, 3.8) is 0 Å². The van der Waals surface area contributed by atoms with Crippen molar-refractivity contribution in [3.05, 3.63) is 45.5 Å². The third-order valence-corrected chi connectivity index (χ3v) is 7.22. The summed E-state index contributed by atoms with van der Waals surface area (Å²) in [6.07, 6.45) is -2.41. The van der Waals surface area contributed by atoms with Crippen molar-refractivity contribution < 1.29 is 48.5 Å². The highest BCUT2D eigenvalue weighted by Gasteiger charge is 2.42. The number of amides is 1. The van der Waals surface area contributed by atoms with Crippen LogP contribution in [0.25, 0.3) is 0 Å². The summed E-state index contributed by atoms with van der Waals surface area (Å²) in [7, 11) is -10.0. The molecule has 1 atom stereocenters. The number of nitrogens with one attached hydrogen (secondary N) is 1. The van der Waals surface area contributed by atoms with E-state index in [0.717, 1.165) is 0 Å². The zero-order chi connectivity index (χ0) is 20.8. The third kappa shape index (κ3) is 7.73. The number of benzene rings is 1. The van der Waals surface area contributed by atoms with E-state index in [0.29, 0.717) is 0 Å². The third-order valence-electron chi connectivity index (χ3n) is 3.35. The van der Waals surface area contributed by atoms with Crippen LogP contribution >= 0.6 is 15.2 Å². The van der Waals surface area contributed by atoms with Gasteiger partial charge in [0.1, 0.15) is 0 Å². The molecule has 27 heavy (non-hydrogen) atoms. The molecule has 6 N–H and O–H groups in total. The molecular weight excluding hydrogens is 410 g/mol. The smallest absolute Gasteiger partial charge is 0.340 e. The molecule has 0 aromatic heterocycles. The maximum absolute atomic E-state index is 11.9. The number of aliphatic hydroxyl groups is 1.